The van der Waals surface area contributed by atoms with Gasteiger partial charge in [-0.05, 0) is 46.7 Å². The van der Waals surface area contributed by atoms with E-state index in [9.17, 15) is 0 Å². The first-order valence-electron chi connectivity index (χ1n) is 8.62. The molecule has 0 fully saturated rings. The molecule has 124 valence electrons. The number of hydrogen-bond acceptors (Lipinski definition) is 2. The summed E-state index contributed by atoms with van der Waals surface area (Å²) in [6.45, 7) is 0. The molecule has 0 atom stereocenters. The maximum atomic E-state index is 6.34. The number of thiophene rings is 1. The van der Waals surface area contributed by atoms with E-state index < -0.39 is 0 Å². The fourth-order valence-corrected chi connectivity index (χ4v) is 4.38. The van der Waals surface area contributed by atoms with Gasteiger partial charge in [0.1, 0.15) is 5.75 Å². The standard InChI is InChI=1S/C24H16OS/c1-2-10-20(11-3-1)25-23-21-12-6-7-13-22(21)26-24(23)19-15-14-17-8-4-5-9-18(17)16-19/h1-16H. The number of para-hydroxylation sites is 1. The lowest BCUT2D eigenvalue weighted by Crippen LogP contribution is -1.85. The van der Waals surface area contributed by atoms with Crippen LogP contribution in [0.1, 0.15) is 0 Å². The van der Waals surface area contributed by atoms with E-state index in [1.54, 1.807) is 11.3 Å². The average molecular weight is 352 g/mol. The molecule has 5 rings (SSSR count). The SMILES string of the molecule is c1ccc(Oc2c(-c3ccc4ccccc4c3)sc3ccccc23)cc1. The molecule has 0 aliphatic heterocycles. The summed E-state index contributed by atoms with van der Waals surface area (Å²) in [4.78, 5) is 1.17. The van der Waals surface area contributed by atoms with Gasteiger partial charge in [-0.15, -0.1) is 11.3 Å². The predicted molar refractivity (Wildman–Crippen MR) is 111 cm³/mol. The third-order valence-electron chi connectivity index (χ3n) is 4.52. The largest absolute Gasteiger partial charge is 0.455 e. The Morgan fingerprint density at radius 2 is 1.35 bits per heavy atom. The lowest BCUT2D eigenvalue weighted by Gasteiger charge is -2.09. The molecule has 0 saturated heterocycles. The third kappa shape index (κ3) is 2.65. The van der Waals surface area contributed by atoms with Gasteiger partial charge in [0.2, 0.25) is 0 Å². The summed E-state index contributed by atoms with van der Waals surface area (Å²) in [7, 11) is 0. The number of benzene rings is 4. The number of hydrogen-bond donors (Lipinski definition) is 0. The van der Waals surface area contributed by atoms with Gasteiger partial charge < -0.3 is 4.74 Å². The molecule has 0 aliphatic rings. The Bertz CT molecular complexity index is 1200. The average Bonchev–Trinajstić information content (AvgIpc) is 3.07. The van der Waals surface area contributed by atoms with E-state index in [2.05, 4.69) is 66.7 Å². The Labute approximate surface area is 156 Å². The molecule has 0 N–H and O–H groups in total. The van der Waals surface area contributed by atoms with Gasteiger partial charge in [0, 0.05) is 10.1 Å². The van der Waals surface area contributed by atoms with Crippen molar-refractivity contribution in [2.24, 2.45) is 0 Å². The van der Waals surface area contributed by atoms with Crippen LogP contribution in [0.5, 0.6) is 11.5 Å². The molecule has 0 bridgehead atoms. The third-order valence-corrected chi connectivity index (χ3v) is 5.73. The van der Waals surface area contributed by atoms with E-state index >= 15 is 0 Å². The van der Waals surface area contributed by atoms with E-state index in [-0.39, 0.29) is 0 Å². The van der Waals surface area contributed by atoms with E-state index in [0.717, 1.165) is 16.9 Å². The first-order chi connectivity index (χ1) is 12.9. The van der Waals surface area contributed by atoms with Gasteiger partial charge in [0.25, 0.3) is 0 Å². The fraction of sp³-hybridized carbons (Fsp3) is 0. The molecule has 26 heavy (non-hydrogen) atoms. The fourth-order valence-electron chi connectivity index (χ4n) is 3.25. The number of rotatable bonds is 3. The summed E-state index contributed by atoms with van der Waals surface area (Å²) < 4.78 is 7.58. The Morgan fingerprint density at radius 3 is 2.23 bits per heavy atom. The van der Waals surface area contributed by atoms with Crippen LogP contribution in [0, 0.1) is 0 Å². The maximum Gasteiger partial charge on any atom is 0.153 e. The van der Waals surface area contributed by atoms with Crippen LogP contribution in [-0.2, 0) is 0 Å². The van der Waals surface area contributed by atoms with Crippen molar-refractivity contribution in [2.45, 2.75) is 0 Å². The van der Waals surface area contributed by atoms with E-state index in [0.29, 0.717) is 0 Å². The second-order valence-electron chi connectivity index (χ2n) is 6.23. The first kappa shape index (κ1) is 15.2. The van der Waals surface area contributed by atoms with Gasteiger partial charge in [-0.2, -0.15) is 0 Å². The maximum absolute atomic E-state index is 6.34. The summed E-state index contributed by atoms with van der Waals surface area (Å²) in [5, 5.41) is 3.65. The molecule has 1 aromatic heterocycles. The van der Waals surface area contributed by atoms with Gasteiger partial charge in [-0.3, -0.25) is 0 Å². The quantitative estimate of drug-likeness (QED) is 0.326. The van der Waals surface area contributed by atoms with E-state index in [4.69, 9.17) is 4.74 Å². The molecule has 1 heterocycles. The summed E-state index contributed by atoms with van der Waals surface area (Å²) in [6.07, 6.45) is 0. The van der Waals surface area contributed by atoms with Gasteiger partial charge >= 0.3 is 0 Å². The summed E-state index contributed by atoms with van der Waals surface area (Å²) in [6, 6.07) is 33.5. The highest BCUT2D eigenvalue weighted by Crippen LogP contribution is 2.46. The zero-order chi connectivity index (χ0) is 17.3. The van der Waals surface area contributed by atoms with Crippen LogP contribution in [0.4, 0.5) is 0 Å². The molecule has 0 aliphatic carbocycles. The first-order valence-corrected chi connectivity index (χ1v) is 9.44. The minimum absolute atomic E-state index is 0.859. The number of ether oxygens (including phenoxy) is 1. The topological polar surface area (TPSA) is 9.23 Å². The minimum Gasteiger partial charge on any atom is -0.455 e. The van der Waals surface area contributed by atoms with Crippen molar-refractivity contribution in [1.82, 2.24) is 0 Å². The van der Waals surface area contributed by atoms with Crippen molar-refractivity contribution >= 4 is 32.2 Å². The lowest BCUT2D eigenvalue weighted by atomic mass is 10.1. The summed E-state index contributed by atoms with van der Waals surface area (Å²) in [5.41, 5.74) is 1.19. The van der Waals surface area contributed by atoms with Crippen LogP contribution in [-0.4, -0.2) is 0 Å². The molecule has 0 spiro atoms. The highest BCUT2D eigenvalue weighted by molar-refractivity contribution is 7.22. The zero-order valence-electron chi connectivity index (χ0n) is 14.1. The molecule has 0 unspecified atom stereocenters. The van der Waals surface area contributed by atoms with Crippen molar-refractivity contribution in [1.29, 1.82) is 0 Å². The van der Waals surface area contributed by atoms with Gasteiger partial charge in [0.05, 0.1) is 4.88 Å². The van der Waals surface area contributed by atoms with Gasteiger partial charge in [-0.25, -0.2) is 0 Å². The van der Waals surface area contributed by atoms with E-state index in [1.165, 1.54) is 25.9 Å². The van der Waals surface area contributed by atoms with Crippen molar-refractivity contribution < 1.29 is 4.74 Å². The van der Waals surface area contributed by atoms with Crippen LogP contribution in [0.3, 0.4) is 0 Å². The lowest BCUT2D eigenvalue weighted by molar-refractivity contribution is 0.491. The zero-order valence-corrected chi connectivity index (χ0v) is 14.9. The van der Waals surface area contributed by atoms with Crippen LogP contribution in [0.2, 0.25) is 0 Å². The molecule has 5 aromatic rings. The molecule has 1 nitrogen and oxygen atoms in total. The van der Waals surface area contributed by atoms with Gasteiger partial charge in [0.15, 0.2) is 5.75 Å². The van der Waals surface area contributed by atoms with E-state index in [1.807, 2.05) is 30.3 Å². The van der Waals surface area contributed by atoms with Crippen LogP contribution in [0.25, 0.3) is 31.3 Å². The Hall–Kier alpha value is -3.10. The predicted octanol–water partition coefficient (Wildman–Crippen LogP) is 7.51. The van der Waals surface area contributed by atoms with Crippen molar-refractivity contribution in [3.05, 3.63) is 97.1 Å². The number of fused-ring (bicyclic) bond motifs is 2. The van der Waals surface area contributed by atoms with Gasteiger partial charge in [-0.1, -0.05) is 66.7 Å². The van der Waals surface area contributed by atoms with Crippen LogP contribution >= 0.6 is 11.3 Å². The second-order valence-corrected chi connectivity index (χ2v) is 7.29. The monoisotopic (exact) mass is 352 g/mol. The summed E-state index contributed by atoms with van der Waals surface area (Å²) >= 11 is 1.78. The molecule has 0 saturated carbocycles. The highest BCUT2D eigenvalue weighted by Gasteiger charge is 2.16. The molecule has 0 amide bonds. The highest BCUT2D eigenvalue weighted by atomic mass is 32.1. The van der Waals surface area contributed by atoms with Crippen molar-refractivity contribution in [2.75, 3.05) is 0 Å². The molecular formula is C24H16OS. The van der Waals surface area contributed by atoms with Crippen LogP contribution in [0.15, 0.2) is 97.1 Å². The Kier molecular flexibility index (Phi) is 3.69. The minimum atomic E-state index is 0.859. The smallest absolute Gasteiger partial charge is 0.153 e. The second kappa shape index (κ2) is 6.32. The molecule has 2 heteroatoms. The Balaban J connectivity index is 1.72. The van der Waals surface area contributed by atoms with Crippen molar-refractivity contribution in [3.8, 4) is 21.9 Å². The molecule has 4 aromatic carbocycles. The molecular weight excluding hydrogens is 336 g/mol. The van der Waals surface area contributed by atoms with Crippen LogP contribution < -0.4 is 4.74 Å². The summed E-state index contributed by atoms with van der Waals surface area (Å²) in [5.74, 6) is 1.80. The molecule has 0 radical (unpaired) electrons. The van der Waals surface area contributed by atoms with Crippen molar-refractivity contribution in [3.63, 3.8) is 0 Å². The normalized spacial score (nSPS) is 11.1. The Morgan fingerprint density at radius 1 is 0.615 bits per heavy atom.